The molecule has 19 heavy (non-hydrogen) atoms. The average Bonchev–Trinajstić information content (AvgIpc) is 2.72. The van der Waals surface area contributed by atoms with Crippen molar-refractivity contribution >= 4 is 5.91 Å². The Labute approximate surface area is 110 Å². The standard InChI is InChI=1S/C12H18F3N3O/c1-11(2,3)18-8-9(7-16-18)10(19)17(4)6-5-12(13,14)15/h7-8H,5-6H2,1-4H3. The van der Waals surface area contributed by atoms with Crippen LogP contribution in [0.15, 0.2) is 12.4 Å². The zero-order valence-corrected chi connectivity index (χ0v) is 11.5. The first kappa shape index (κ1) is 15.5. The second-order valence-corrected chi connectivity index (χ2v) is 5.44. The van der Waals surface area contributed by atoms with Crippen LogP contribution in [0.5, 0.6) is 0 Å². The molecule has 0 unspecified atom stereocenters. The van der Waals surface area contributed by atoms with E-state index in [0.717, 1.165) is 4.90 Å². The molecule has 0 saturated carbocycles. The van der Waals surface area contributed by atoms with Crippen molar-refractivity contribution in [2.24, 2.45) is 0 Å². The number of amides is 1. The van der Waals surface area contributed by atoms with Crippen molar-refractivity contribution in [3.8, 4) is 0 Å². The Balaban J connectivity index is 2.70. The molecule has 0 spiro atoms. The van der Waals surface area contributed by atoms with Crippen molar-refractivity contribution in [1.82, 2.24) is 14.7 Å². The topological polar surface area (TPSA) is 38.1 Å². The van der Waals surface area contributed by atoms with Gasteiger partial charge < -0.3 is 4.90 Å². The van der Waals surface area contributed by atoms with E-state index >= 15 is 0 Å². The minimum atomic E-state index is -4.26. The molecule has 1 heterocycles. The molecule has 7 heteroatoms. The van der Waals surface area contributed by atoms with E-state index in [0.29, 0.717) is 5.56 Å². The normalized spacial score (nSPS) is 12.6. The Morgan fingerprint density at radius 3 is 2.37 bits per heavy atom. The molecule has 0 aromatic carbocycles. The number of rotatable bonds is 3. The molecule has 0 atom stereocenters. The van der Waals surface area contributed by atoms with Gasteiger partial charge in [-0.15, -0.1) is 0 Å². The van der Waals surface area contributed by atoms with Crippen LogP contribution in [-0.2, 0) is 5.54 Å². The maximum Gasteiger partial charge on any atom is 0.390 e. The van der Waals surface area contributed by atoms with Gasteiger partial charge in [-0.2, -0.15) is 18.3 Å². The Hall–Kier alpha value is -1.53. The third-order valence-corrected chi connectivity index (χ3v) is 2.59. The molecule has 0 bridgehead atoms. The van der Waals surface area contributed by atoms with Crippen molar-refractivity contribution in [3.63, 3.8) is 0 Å². The fourth-order valence-corrected chi connectivity index (χ4v) is 1.42. The highest BCUT2D eigenvalue weighted by atomic mass is 19.4. The number of alkyl halides is 3. The maximum absolute atomic E-state index is 12.1. The summed E-state index contributed by atoms with van der Waals surface area (Å²) >= 11 is 0. The van der Waals surface area contributed by atoms with Crippen LogP contribution >= 0.6 is 0 Å². The first-order chi connectivity index (χ1) is 8.50. The Morgan fingerprint density at radius 2 is 1.95 bits per heavy atom. The third-order valence-electron chi connectivity index (χ3n) is 2.59. The molecule has 0 radical (unpaired) electrons. The first-order valence-corrected chi connectivity index (χ1v) is 5.88. The van der Waals surface area contributed by atoms with Crippen molar-refractivity contribution in [2.75, 3.05) is 13.6 Å². The van der Waals surface area contributed by atoms with Gasteiger partial charge >= 0.3 is 6.18 Å². The van der Waals surface area contributed by atoms with E-state index in [2.05, 4.69) is 5.10 Å². The van der Waals surface area contributed by atoms with Crippen LogP contribution in [0.2, 0.25) is 0 Å². The van der Waals surface area contributed by atoms with E-state index < -0.39 is 18.5 Å². The lowest BCUT2D eigenvalue weighted by Crippen LogP contribution is -2.30. The molecular formula is C12H18F3N3O. The number of carbonyl (C=O) groups is 1. The minimum Gasteiger partial charge on any atom is -0.341 e. The predicted molar refractivity (Wildman–Crippen MR) is 64.9 cm³/mol. The molecule has 4 nitrogen and oxygen atoms in total. The van der Waals surface area contributed by atoms with Crippen molar-refractivity contribution in [2.45, 2.75) is 38.9 Å². The predicted octanol–water partition coefficient (Wildman–Crippen LogP) is 2.66. The van der Waals surface area contributed by atoms with Gasteiger partial charge in [0, 0.05) is 19.8 Å². The number of nitrogens with zero attached hydrogens (tertiary/aromatic N) is 3. The maximum atomic E-state index is 12.1. The van der Waals surface area contributed by atoms with E-state index in [1.54, 1.807) is 10.9 Å². The summed E-state index contributed by atoms with van der Waals surface area (Å²) in [5.74, 6) is -0.459. The molecule has 1 aromatic rings. The van der Waals surface area contributed by atoms with Crippen LogP contribution in [-0.4, -0.2) is 40.4 Å². The molecular weight excluding hydrogens is 259 g/mol. The summed E-state index contributed by atoms with van der Waals surface area (Å²) in [6.07, 6.45) is -2.35. The monoisotopic (exact) mass is 277 g/mol. The summed E-state index contributed by atoms with van der Waals surface area (Å²) in [6.45, 7) is 5.40. The molecule has 1 rings (SSSR count). The lowest BCUT2D eigenvalue weighted by atomic mass is 10.1. The van der Waals surface area contributed by atoms with Crippen LogP contribution in [0.4, 0.5) is 13.2 Å². The van der Waals surface area contributed by atoms with E-state index in [4.69, 9.17) is 0 Å². The second kappa shape index (κ2) is 5.22. The SMILES string of the molecule is CN(CCC(F)(F)F)C(=O)c1cnn(C(C)(C)C)c1. The smallest absolute Gasteiger partial charge is 0.341 e. The van der Waals surface area contributed by atoms with Crippen molar-refractivity contribution in [1.29, 1.82) is 0 Å². The summed E-state index contributed by atoms with van der Waals surface area (Å²) in [7, 11) is 1.35. The molecule has 0 aliphatic heterocycles. The van der Waals surface area contributed by atoms with Gasteiger partial charge in [0.2, 0.25) is 0 Å². The number of aromatic nitrogens is 2. The third kappa shape index (κ3) is 4.57. The van der Waals surface area contributed by atoms with Crippen LogP contribution in [0.3, 0.4) is 0 Å². The van der Waals surface area contributed by atoms with E-state index in [1.165, 1.54) is 13.2 Å². The number of hydrogen-bond acceptors (Lipinski definition) is 2. The Morgan fingerprint density at radius 1 is 1.37 bits per heavy atom. The number of carbonyl (C=O) groups excluding carboxylic acids is 1. The first-order valence-electron chi connectivity index (χ1n) is 5.88. The van der Waals surface area contributed by atoms with Gasteiger partial charge in [0.1, 0.15) is 0 Å². The number of hydrogen-bond donors (Lipinski definition) is 0. The van der Waals surface area contributed by atoms with Crippen LogP contribution in [0, 0.1) is 0 Å². The van der Waals surface area contributed by atoms with Gasteiger partial charge in [-0.1, -0.05) is 0 Å². The second-order valence-electron chi connectivity index (χ2n) is 5.44. The Kier molecular flexibility index (Phi) is 4.27. The molecule has 1 amide bonds. The molecule has 0 N–H and O–H groups in total. The van der Waals surface area contributed by atoms with Gasteiger partial charge in [-0.3, -0.25) is 9.48 Å². The zero-order chi connectivity index (χ0) is 14.8. The molecule has 0 aliphatic carbocycles. The lowest BCUT2D eigenvalue weighted by Gasteiger charge is -2.19. The fraction of sp³-hybridized carbons (Fsp3) is 0.667. The van der Waals surface area contributed by atoms with Crippen molar-refractivity contribution < 1.29 is 18.0 Å². The highest BCUT2D eigenvalue weighted by Gasteiger charge is 2.28. The van der Waals surface area contributed by atoms with Crippen molar-refractivity contribution in [3.05, 3.63) is 18.0 Å². The summed E-state index contributed by atoms with van der Waals surface area (Å²) in [6, 6.07) is 0. The summed E-state index contributed by atoms with van der Waals surface area (Å²) in [5.41, 5.74) is 0.0166. The largest absolute Gasteiger partial charge is 0.390 e. The molecule has 0 saturated heterocycles. The molecule has 0 aliphatic rings. The van der Waals surface area contributed by atoms with E-state index in [-0.39, 0.29) is 12.1 Å². The Bertz CT molecular complexity index is 446. The number of halogens is 3. The molecule has 0 fully saturated rings. The van der Waals surface area contributed by atoms with Crippen LogP contribution < -0.4 is 0 Å². The van der Waals surface area contributed by atoms with Gasteiger partial charge in [0.05, 0.1) is 23.7 Å². The zero-order valence-electron chi connectivity index (χ0n) is 11.5. The summed E-state index contributed by atoms with van der Waals surface area (Å²) < 4.78 is 37.9. The highest BCUT2D eigenvalue weighted by Crippen LogP contribution is 2.20. The molecule has 1 aromatic heterocycles. The quantitative estimate of drug-likeness (QED) is 0.852. The van der Waals surface area contributed by atoms with Gasteiger partial charge in [-0.25, -0.2) is 0 Å². The van der Waals surface area contributed by atoms with Crippen LogP contribution in [0.25, 0.3) is 0 Å². The van der Waals surface area contributed by atoms with E-state index in [9.17, 15) is 18.0 Å². The van der Waals surface area contributed by atoms with Gasteiger partial charge in [-0.05, 0) is 20.8 Å². The summed E-state index contributed by atoms with van der Waals surface area (Å²) in [4.78, 5) is 13.0. The van der Waals surface area contributed by atoms with Gasteiger partial charge in [0.15, 0.2) is 0 Å². The fourth-order valence-electron chi connectivity index (χ4n) is 1.42. The van der Waals surface area contributed by atoms with Crippen LogP contribution in [0.1, 0.15) is 37.6 Å². The molecule has 108 valence electrons. The average molecular weight is 277 g/mol. The minimum absolute atomic E-state index is 0.275. The lowest BCUT2D eigenvalue weighted by molar-refractivity contribution is -0.136. The summed E-state index contributed by atoms with van der Waals surface area (Å²) in [5, 5.41) is 4.05. The van der Waals surface area contributed by atoms with Gasteiger partial charge in [0.25, 0.3) is 5.91 Å². The highest BCUT2D eigenvalue weighted by molar-refractivity contribution is 5.93. The van der Waals surface area contributed by atoms with E-state index in [1.807, 2.05) is 20.8 Å².